The standard InChI is InChI=1S/C13H8Cl4O/c14-10-3-7(1-2-8(10)6-18)9-4-12(16)13(17)5-11(9)15/h1-5,18H,6H2. The first-order chi connectivity index (χ1) is 8.52. The van der Waals surface area contributed by atoms with Gasteiger partial charge in [0.1, 0.15) is 0 Å². The number of aliphatic hydroxyl groups excluding tert-OH is 1. The van der Waals surface area contributed by atoms with Gasteiger partial charge < -0.3 is 5.11 Å². The Morgan fingerprint density at radius 2 is 1.44 bits per heavy atom. The summed E-state index contributed by atoms with van der Waals surface area (Å²) in [5.41, 5.74) is 2.23. The lowest BCUT2D eigenvalue weighted by atomic mass is 10.0. The Labute approximate surface area is 125 Å². The molecule has 0 amide bonds. The Morgan fingerprint density at radius 3 is 2.06 bits per heavy atom. The van der Waals surface area contributed by atoms with E-state index in [0.29, 0.717) is 25.7 Å². The highest BCUT2D eigenvalue weighted by Crippen LogP contribution is 2.36. The van der Waals surface area contributed by atoms with Gasteiger partial charge in [0.15, 0.2) is 0 Å². The maximum Gasteiger partial charge on any atom is 0.0696 e. The normalized spacial score (nSPS) is 10.7. The lowest BCUT2D eigenvalue weighted by Gasteiger charge is -2.09. The first kappa shape index (κ1) is 14.0. The van der Waals surface area contributed by atoms with Gasteiger partial charge in [-0.05, 0) is 29.3 Å². The molecule has 0 atom stereocenters. The van der Waals surface area contributed by atoms with Gasteiger partial charge in [0.25, 0.3) is 0 Å². The molecule has 2 aromatic carbocycles. The lowest BCUT2D eigenvalue weighted by Crippen LogP contribution is -1.87. The Bertz CT molecular complexity index is 596. The minimum absolute atomic E-state index is 0.103. The number of benzene rings is 2. The van der Waals surface area contributed by atoms with Crippen LogP contribution in [0.15, 0.2) is 30.3 Å². The van der Waals surface area contributed by atoms with Crippen LogP contribution >= 0.6 is 46.4 Å². The summed E-state index contributed by atoms with van der Waals surface area (Å²) in [6.07, 6.45) is 0. The summed E-state index contributed by atoms with van der Waals surface area (Å²) in [5.74, 6) is 0. The van der Waals surface area contributed by atoms with Gasteiger partial charge in [-0.15, -0.1) is 0 Å². The molecule has 0 aliphatic rings. The Balaban J connectivity index is 2.55. The molecule has 1 nitrogen and oxygen atoms in total. The molecular weight excluding hydrogens is 314 g/mol. The number of hydrogen-bond donors (Lipinski definition) is 1. The molecule has 0 aromatic heterocycles. The van der Waals surface area contributed by atoms with Crippen LogP contribution in [0.1, 0.15) is 5.56 Å². The second kappa shape index (κ2) is 5.68. The molecule has 5 heteroatoms. The molecule has 18 heavy (non-hydrogen) atoms. The quantitative estimate of drug-likeness (QED) is 0.728. The summed E-state index contributed by atoms with van der Waals surface area (Å²) >= 11 is 24.0. The highest BCUT2D eigenvalue weighted by atomic mass is 35.5. The lowest BCUT2D eigenvalue weighted by molar-refractivity contribution is 0.282. The van der Waals surface area contributed by atoms with Crippen LogP contribution in [0.4, 0.5) is 0 Å². The zero-order valence-corrected chi connectivity index (χ0v) is 12.1. The van der Waals surface area contributed by atoms with E-state index in [9.17, 15) is 0 Å². The van der Waals surface area contributed by atoms with Gasteiger partial charge in [0.2, 0.25) is 0 Å². The molecule has 0 unspecified atom stereocenters. The summed E-state index contributed by atoms with van der Waals surface area (Å²) in [5, 5.41) is 10.9. The fourth-order valence-electron chi connectivity index (χ4n) is 1.59. The van der Waals surface area contributed by atoms with E-state index in [4.69, 9.17) is 51.5 Å². The molecule has 2 aromatic rings. The van der Waals surface area contributed by atoms with Crippen molar-refractivity contribution >= 4 is 46.4 Å². The van der Waals surface area contributed by atoms with Crippen LogP contribution in [0.3, 0.4) is 0 Å². The van der Waals surface area contributed by atoms with Gasteiger partial charge >= 0.3 is 0 Å². The van der Waals surface area contributed by atoms with Gasteiger partial charge in [0, 0.05) is 15.6 Å². The number of hydrogen-bond acceptors (Lipinski definition) is 1. The minimum Gasteiger partial charge on any atom is -0.392 e. The molecule has 94 valence electrons. The van der Waals surface area contributed by atoms with Gasteiger partial charge in [-0.1, -0.05) is 58.5 Å². The predicted molar refractivity (Wildman–Crippen MR) is 77.8 cm³/mol. The van der Waals surface area contributed by atoms with Crippen LogP contribution in [0.25, 0.3) is 11.1 Å². The predicted octanol–water partition coefficient (Wildman–Crippen LogP) is 5.46. The van der Waals surface area contributed by atoms with Gasteiger partial charge in [0.05, 0.1) is 16.7 Å². The van der Waals surface area contributed by atoms with Gasteiger partial charge in [-0.2, -0.15) is 0 Å². The first-order valence-electron chi connectivity index (χ1n) is 5.07. The zero-order chi connectivity index (χ0) is 13.3. The molecule has 0 aliphatic carbocycles. The average molecular weight is 322 g/mol. The SMILES string of the molecule is OCc1ccc(-c2cc(Cl)c(Cl)cc2Cl)cc1Cl. The van der Waals surface area contributed by atoms with Crippen LogP contribution in [0, 0.1) is 0 Å². The number of halogens is 4. The number of aliphatic hydroxyl groups is 1. The third-order valence-corrected chi connectivity index (χ3v) is 3.93. The van der Waals surface area contributed by atoms with Crippen molar-refractivity contribution in [3.8, 4) is 11.1 Å². The fourth-order valence-corrected chi connectivity index (χ4v) is 2.48. The van der Waals surface area contributed by atoms with Crippen molar-refractivity contribution in [3.63, 3.8) is 0 Å². The van der Waals surface area contributed by atoms with E-state index in [0.717, 1.165) is 11.1 Å². The van der Waals surface area contributed by atoms with Crippen molar-refractivity contribution in [2.45, 2.75) is 6.61 Å². The molecule has 0 heterocycles. The van der Waals surface area contributed by atoms with Crippen molar-refractivity contribution in [3.05, 3.63) is 56.0 Å². The maximum atomic E-state index is 9.07. The molecule has 0 spiro atoms. The highest BCUT2D eigenvalue weighted by Gasteiger charge is 2.09. The summed E-state index contributed by atoms with van der Waals surface area (Å²) < 4.78 is 0. The molecular formula is C13H8Cl4O. The van der Waals surface area contributed by atoms with E-state index in [1.807, 2.05) is 6.07 Å². The van der Waals surface area contributed by atoms with Gasteiger partial charge in [-0.25, -0.2) is 0 Å². The third kappa shape index (κ3) is 2.76. The molecule has 1 N–H and O–H groups in total. The van der Waals surface area contributed by atoms with Crippen LogP contribution in [-0.2, 0) is 6.61 Å². The molecule has 0 saturated heterocycles. The monoisotopic (exact) mass is 320 g/mol. The summed E-state index contributed by atoms with van der Waals surface area (Å²) in [6.45, 7) is -0.103. The topological polar surface area (TPSA) is 20.2 Å². The molecule has 0 saturated carbocycles. The van der Waals surface area contributed by atoms with Crippen molar-refractivity contribution < 1.29 is 5.11 Å². The molecule has 0 radical (unpaired) electrons. The van der Waals surface area contributed by atoms with Crippen molar-refractivity contribution in [2.75, 3.05) is 0 Å². The maximum absolute atomic E-state index is 9.07. The van der Waals surface area contributed by atoms with Gasteiger partial charge in [-0.3, -0.25) is 0 Å². The summed E-state index contributed by atoms with van der Waals surface area (Å²) in [7, 11) is 0. The Kier molecular flexibility index (Phi) is 4.41. The van der Waals surface area contributed by atoms with Crippen LogP contribution in [0.5, 0.6) is 0 Å². The van der Waals surface area contributed by atoms with Crippen molar-refractivity contribution in [2.24, 2.45) is 0 Å². The Hall–Kier alpha value is -0.440. The highest BCUT2D eigenvalue weighted by molar-refractivity contribution is 6.44. The van der Waals surface area contributed by atoms with E-state index >= 15 is 0 Å². The second-order valence-electron chi connectivity index (χ2n) is 3.71. The summed E-state index contributed by atoms with van der Waals surface area (Å²) in [6, 6.07) is 8.59. The molecule has 0 aliphatic heterocycles. The minimum atomic E-state index is -0.103. The van der Waals surface area contributed by atoms with E-state index in [1.54, 1.807) is 24.3 Å². The zero-order valence-electron chi connectivity index (χ0n) is 9.05. The van der Waals surface area contributed by atoms with Crippen molar-refractivity contribution in [1.82, 2.24) is 0 Å². The van der Waals surface area contributed by atoms with Crippen LogP contribution in [-0.4, -0.2) is 5.11 Å². The first-order valence-corrected chi connectivity index (χ1v) is 6.58. The van der Waals surface area contributed by atoms with Crippen molar-refractivity contribution in [1.29, 1.82) is 0 Å². The van der Waals surface area contributed by atoms with Crippen LogP contribution < -0.4 is 0 Å². The fraction of sp³-hybridized carbons (Fsp3) is 0.0769. The summed E-state index contributed by atoms with van der Waals surface area (Å²) in [4.78, 5) is 0. The molecule has 0 fully saturated rings. The average Bonchev–Trinajstić information content (AvgIpc) is 2.33. The third-order valence-electron chi connectivity index (χ3n) is 2.54. The second-order valence-corrected chi connectivity index (χ2v) is 5.34. The molecule has 2 rings (SSSR count). The van der Waals surface area contributed by atoms with Crippen LogP contribution in [0.2, 0.25) is 20.1 Å². The molecule has 0 bridgehead atoms. The smallest absolute Gasteiger partial charge is 0.0696 e. The number of rotatable bonds is 2. The largest absolute Gasteiger partial charge is 0.392 e. The Morgan fingerprint density at radius 1 is 0.778 bits per heavy atom. The van der Waals surface area contributed by atoms with E-state index in [-0.39, 0.29) is 6.61 Å². The van der Waals surface area contributed by atoms with E-state index in [1.165, 1.54) is 0 Å². The van der Waals surface area contributed by atoms with E-state index in [2.05, 4.69) is 0 Å². The van der Waals surface area contributed by atoms with E-state index < -0.39 is 0 Å².